The first-order chi connectivity index (χ1) is 15.1. The molecular formula is C25H37BN2O4. The van der Waals surface area contributed by atoms with E-state index in [9.17, 15) is 10.0 Å². The van der Waals surface area contributed by atoms with Gasteiger partial charge in [0, 0.05) is 30.0 Å². The summed E-state index contributed by atoms with van der Waals surface area (Å²) in [5.74, 6) is 1.86. The normalized spacial score (nSPS) is 30.0. The highest BCUT2D eigenvalue weighted by atomic mass is 16.5. The summed E-state index contributed by atoms with van der Waals surface area (Å²) in [5.41, 5.74) is 10.2. The van der Waals surface area contributed by atoms with Crippen LogP contribution in [0.3, 0.4) is 0 Å². The Balaban J connectivity index is 1.81. The van der Waals surface area contributed by atoms with Crippen LogP contribution in [0.25, 0.3) is 11.0 Å². The maximum absolute atomic E-state index is 10.4. The third-order valence-corrected chi connectivity index (χ3v) is 8.81. The van der Waals surface area contributed by atoms with Crippen molar-refractivity contribution >= 4 is 34.9 Å². The van der Waals surface area contributed by atoms with Crippen molar-refractivity contribution in [2.45, 2.75) is 71.1 Å². The van der Waals surface area contributed by atoms with E-state index in [0.29, 0.717) is 35.9 Å². The highest BCUT2D eigenvalue weighted by Gasteiger charge is 2.51. The number of ether oxygens (including phenoxy) is 1. The number of nitrogens with zero attached hydrogens (tertiary/aromatic N) is 1. The lowest BCUT2D eigenvalue weighted by Gasteiger charge is -2.50. The lowest BCUT2D eigenvalue weighted by atomic mass is 9.53. The van der Waals surface area contributed by atoms with Gasteiger partial charge in [0.2, 0.25) is 0 Å². The zero-order valence-electron chi connectivity index (χ0n) is 19.9. The van der Waals surface area contributed by atoms with Gasteiger partial charge in [-0.05, 0) is 48.5 Å². The fraction of sp³-hybridized carbons (Fsp3) is 0.680. The molecule has 32 heavy (non-hydrogen) atoms. The average molecular weight is 440 g/mol. The third kappa shape index (κ3) is 3.19. The molecule has 0 spiro atoms. The summed E-state index contributed by atoms with van der Waals surface area (Å²) < 4.78 is 12.1. The molecule has 174 valence electrons. The van der Waals surface area contributed by atoms with E-state index in [0.717, 1.165) is 42.8 Å². The number of furan rings is 1. The summed E-state index contributed by atoms with van der Waals surface area (Å²) in [6.45, 7) is 12.3. The van der Waals surface area contributed by atoms with E-state index in [-0.39, 0.29) is 16.7 Å². The standard InChI is InChI=1S/C25H37BN2O4/c1-15-6-7-18-24(2,3)8-5-9-25(18,4)19-16-14-17(28-10-12-31-13-11-28)21(27)20(26(29)30)23(16)32-22(15)19/h14-15,18,29-30H,5-13,27H2,1-4H3/t15?,18-,25-/m1/s1. The first kappa shape index (κ1) is 22.1. The van der Waals surface area contributed by atoms with Gasteiger partial charge in [-0.1, -0.05) is 34.1 Å². The summed E-state index contributed by atoms with van der Waals surface area (Å²) in [6.07, 6.45) is 5.85. The largest absolute Gasteiger partial charge is 0.494 e. The molecule has 2 aliphatic carbocycles. The monoisotopic (exact) mass is 440 g/mol. The SMILES string of the molecule is CC1CC[C@@H]2C(C)(C)CCC[C@@]2(C)c2c1oc1c(B(O)O)c(N)c(N3CCOCC3)cc21. The Morgan fingerprint density at radius 3 is 2.53 bits per heavy atom. The Kier molecular flexibility index (Phi) is 5.30. The Morgan fingerprint density at radius 2 is 1.84 bits per heavy atom. The number of nitrogens with two attached hydrogens (primary N) is 1. The van der Waals surface area contributed by atoms with E-state index in [2.05, 4.69) is 38.7 Å². The topological polar surface area (TPSA) is 92.1 Å². The molecule has 4 N–H and O–H groups in total. The highest BCUT2D eigenvalue weighted by molar-refractivity contribution is 6.64. The van der Waals surface area contributed by atoms with E-state index in [1.807, 2.05) is 0 Å². The van der Waals surface area contributed by atoms with Crippen LogP contribution in [-0.2, 0) is 10.2 Å². The number of rotatable bonds is 2. The predicted octanol–water partition coefficient (Wildman–Crippen LogP) is 3.51. The second kappa shape index (κ2) is 7.68. The average Bonchev–Trinajstić information content (AvgIpc) is 3.07. The summed E-state index contributed by atoms with van der Waals surface area (Å²) >= 11 is 0. The van der Waals surface area contributed by atoms with Crippen molar-refractivity contribution in [3.8, 4) is 0 Å². The van der Waals surface area contributed by atoms with Gasteiger partial charge >= 0.3 is 7.12 Å². The lowest BCUT2D eigenvalue weighted by molar-refractivity contribution is 0.0504. The van der Waals surface area contributed by atoms with Crippen LogP contribution in [-0.4, -0.2) is 43.5 Å². The molecule has 3 atom stereocenters. The van der Waals surface area contributed by atoms with Crippen LogP contribution in [0.1, 0.15) is 77.0 Å². The fourth-order valence-electron chi connectivity index (χ4n) is 7.21. The van der Waals surface area contributed by atoms with Crippen molar-refractivity contribution in [1.82, 2.24) is 0 Å². The number of hydrogen-bond acceptors (Lipinski definition) is 6. The van der Waals surface area contributed by atoms with Gasteiger partial charge in [0.25, 0.3) is 0 Å². The molecular weight excluding hydrogens is 403 g/mol. The van der Waals surface area contributed by atoms with Crippen molar-refractivity contribution in [2.75, 3.05) is 36.9 Å². The zero-order chi connectivity index (χ0) is 22.8. The molecule has 2 fully saturated rings. The first-order valence-corrected chi connectivity index (χ1v) is 12.2. The molecule has 7 heteroatoms. The number of fused-ring (bicyclic) bond motifs is 5. The second-order valence-electron chi connectivity index (χ2n) is 11.2. The summed E-state index contributed by atoms with van der Waals surface area (Å²) in [5, 5.41) is 21.7. The Labute approximate surface area is 191 Å². The first-order valence-electron chi connectivity index (χ1n) is 12.2. The van der Waals surface area contributed by atoms with Crippen LogP contribution in [0.2, 0.25) is 0 Å². The van der Waals surface area contributed by atoms with E-state index in [1.54, 1.807) is 0 Å². The predicted molar refractivity (Wildman–Crippen MR) is 130 cm³/mol. The lowest BCUT2D eigenvalue weighted by Crippen LogP contribution is -2.44. The molecule has 3 aliphatic rings. The van der Waals surface area contributed by atoms with Crippen molar-refractivity contribution in [3.63, 3.8) is 0 Å². The fourth-order valence-corrected chi connectivity index (χ4v) is 7.21. The van der Waals surface area contributed by atoms with Gasteiger partial charge in [0.15, 0.2) is 0 Å². The van der Waals surface area contributed by atoms with Gasteiger partial charge in [0.05, 0.1) is 30.1 Å². The van der Waals surface area contributed by atoms with Crippen LogP contribution in [0, 0.1) is 11.3 Å². The van der Waals surface area contributed by atoms with Crippen LogP contribution in [0.5, 0.6) is 0 Å². The van der Waals surface area contributed by atoms with E-state index >= 15 is 0 Å². The molecule has 6 nitrogen and oxygen atoms in total. The number of hydrogen-bond donors (Lipinski definition) is 3. The molecule has 0 bridgehead atoms. The molecule has 1 aromatic carbocycles. The van der Waals surface area contributed by atoms with Gasteiger partial charge < -0.3 is 29.8 Å². The number of anilines is 2. The van der Waals surface area contributed by atoms with Crippen LogP contribution in [0.4, 0.5) is 11.4 Å². The smallest absolute Gasteiger partial charge is 0.461 e. The van der Waals surface area contributed by atoms with Gasteiger partial charge in [-0.3, -0.25) is 0 Å². The molecule has 1 aromatic heterocycles. The Morgan fingerprint density at radius 1 is 1.12 bits per heavy atom. The number of nitrogen functional groups attached to an aromatic ring is 1. The molecule has 1 aliphatic heterocycles. The molecule has 0 radical (unpaired) electrons. The summed E-state index contributed by atoms with van der Waals surface area (Å²) in [7, 11) is -1.69. The van der Waals surface area contributed by atoms with Crippen LogP contribution in [0.15, 0.2) is 10.5 Å². The summed E-state index contributed by atoms with van der Waals surface area (Å²) in [4.78, 5) is 2.20. The van der Waals surface area contributed by atoms with Crippen molar-refractivity contribution in [3.05, 3.63) is 17.4 Å². The Bertz CT molecular complexity index is 1030. The molecule has 1 saturated carbocycles. The molecule has 1 saturated heterocycles. The van der Waals surface area contributed by atoms with Gasteiger partial charge in [-0.25, -0.2) is 0 Å². The van der Waals surface area contributed by atoms with Crippen LogP contribution < -0.4 is 16.1 Å². The third-order valence-electron chi connectivity index (χ3n) is 8.81. The minimum Gasteiger partial charge on any atom is -0.461 e. The van der Waals surface area contributed by atoms with Crippen molar-refractivity contribution in [1.29, 1.82) is 0 Å². The van der Waals surface area contributed by atoms with Crippen molar-refractivity contribution in [2.24, 2.45) is 11.3 Å². The highest BCUT2D eigenvalue weighted by Crippen LogP contribution is 2.59. The second-order valence-corrected chi connectivity index (χ2v) is 11.2. The van der Waals surface area contributed by atoms with E-state index < -0.39 is 7.12 Å². The van der Waals surface area contributed by atoms with E-state index in [1.165, 1.54) is 24.8 Å². The van der Waals surface area contributed by atoms with Gasteiger partial charge in [-0.15, -0.1) is 0 Å². The Hall–Kier alpha value is -1.70. The maximum Gasteiger partial charge on any atom is 0.494 e. The van der Waals surface area contributed by atoms with Crippen LogP contribution >= 0.6 is 0 Å². The summed E-state index contributed by atoms with van der Waals surface area (Å²) in [6, 6.07) is 2.16. The number of benzene rings is 1. The minimum atomic E-state index is -1.69. The molecule has 2 aromatic rings. The van der Waals surface area contributed by atoms with Gasteiger partial charge in [0.1, 0.15) is 11.3 Å². The van der Waals surface area contributed by atoms with E-state index in [4.69, 9.17) is 14.9 Å². The molecule has 2 heterocycles. The van der Waals surface area contributed by atoms with Gasteiger partial charge in [-0.2, -0.15) is 0 Å². The quantitative estimate of drug-likeness (QED) is 0.489. The molecule has 5 rings (SSSR count). The zero-order valence-corrected chi connectivity index (χ0v) is 19.9. The maximum atomic E-state index is 10.4. The molecule has 1 unspecified atom stereocenters. The molecule has 0 amide bonds. The number of morpholine rings is 1. The minimum absolute atomic E-state index is 0.0107. The van der Waals surface area contributed by atoms with Crippen molar-refractivity contribution < 1.29 is 19.2 Å².